The number of carbonyl (C=O) groups excluding carboxylic acids is 1. The first kappa shape index (κ1) is 11.0. The van der Waals surface area contributed by atoms with Crippen LogP contribution >= 0.6 is 11.3 Å². The zero-order valence-electron chi connectivity index (χ0n) is 9.03. The Balaban J connectivity index is 1.93. The van der Waals surface area contributed by atoms with E-state index in [4.69, 9.17) is 4.42 Å². The molecule has 4 heteroatoms. The molecule has 0 saturated heterocycles. The van der Waals surface area contributed by atoms with Crippen molar-refractivity contribution in [3.8, 4) is 0 Å². The first-order valence-corrected chi connectivity index (χ1v) is 6.00. The van der Waals surface area contributed by atoms with Gasteiger partial charge >= 0.3 is 0 Å². The summed E-state index contributed by atoms with van der Waals surface area (Å²) in [5.74, 6) is 0.724. The second kappa shape index (κ2) is 4.99. The van der Waals surface area contributed by atoms with Crippen LogP contribution < -0.4 is 5.32 Å². The highest BCUT2D eigenvalue weighted by Crippen LogP contribution is 2.16. The van der Waals surface area contributed by atoms with Crippen molar-refractivity contribution in [2.24, 2.45) is 0 Å². The molecule has 0 saturated carbocycles. The molecule has 84 valence electrons. The highest BCUT2D eigenvalue weighted by molar-refractivity contribution is 7.14. The molecule has 2 heterocycles. The highest BCUT2D eigenvalue weighted by atomic mass is 32.1. The van der Waals surface area contributed by atoms with E-state index in [2.05, 4.69) is 12.2 Å². The van der Waals surface area contributed by atoms with E-state index >= 15 is 0 Å². The Morgan fingerprint density at radius 3 is 2.94 bits per heavy atom. The number of carbonyl (C=O) groups is 1. The molecule has 1 amide bonds. The molecule has 0 atom stereocenters. The van der Waals surface area contributed by atoms with Gasteiger partial charge in [0.15, 0.2) is 0 Å². The van der Waals surface area contributed by atoms with Crippen molar-refractivity contribution < 1.29 is 9.21 Å². The van der Waals surface area contributed by atoms with Crippen LogP contribution in [0.5, 0.6) is 0 Å². The minimum absolute atomic E-state index is 0.0406. The van der Waals surface area contributed by atoms with E-state index < -0.39 is 0 Å². The fourth-order valence-corrected chi connectivity index (χ4v) is 2.22. The van der Waals surface area contributed by atoms with Crippen molar-refractivity contribution in [1.29, 1.82) is 0 Å². The Hall–Kier alpha value is -1.55. The molecule has 2 aromatic rings. The lowest BCUT2D eigenvalue weighted by molar-refractivity contribution is 0.0952. The Kier molecular flexibility index (Phi) is 3.41. The van der Waals surface area contributed by atoms with Crippen molar-refractivity contribution in [3.63, 3.8) is 0 Å². The Morgan fingerprint density at radius 1 is 1.44 bits per heavy atom. The van der Waals surface area contributed by atoms with Gasteiger partial charge in [-0.05, 0) is 30.7 Å². The summed E-state index contributed by atoms with van der Waals surface area (Å²) >= 11 is 1.54. The van der Waals surface area contributed by atoms with Crippen LogP contribution in [-0.2, 0) is 13.0 Å². The van der Waals surface area contributed by atoms with Gasteiger partial charge in [0.2, 0.25) is 0 Å². The second-order valence-corrected chi connectivity index (χ2v) is 4.55. The number of aryl methyl sites for hydroxylation is 1. The van der Waals surface area contributed by atoms with Crippen LogP contribution in [0.4, 0.5) is 0 Å². The van der Waals surface area contributed by atoms with E-state index in [1.54, 1.807) is 6.26 Å². The number of rotatable bonds is 4. The molecule has 2 aromatic heterocycles. The van der Waals surface area contributed by atoms with Crippen LogP contribution in [0.3, 0.4) is 0 Å². The maximum absolute atomic E-state index is 11.7. The lowest BCUT2D eigenvalue weighted by atomic mass is 10.3. The lowest BCUT2D eigenvalue weighted by Gasteiger charge is -2.00. The Labute approximate surface area is 98.1 Å². The van der Waals surface area contributed by atoms with Crippen LogP contribution in [0.15, 0.2) is 34.9 Å². The molecule has 1 N–H and O–H groups in total. The van der Waals surface area contributed by atoms with Gasteiger partial charge in [0, 0.05) is 4.88 Å². The lowest BCUT2D eigenvalue weighted by Crippen LogP contribution is -2.21. The molecule has 0 aliphatic carbocycles. The maximum atomic E-state index is 11.7. The molecule has 0 fully saturated rings. The zero-order chi connectivity index (χ0) is 11.4. The topological polar surface area (TPSA) is 42.2 Å². The summed E-state index contributed by atoms with van der Waals surface area (Å²) in [6.07, 6.45) is 2.57. The van der Waals surface area contributed by atoms with Gasteiger partial charge in [-0.2, -0.15) is 0 Å². The van der Waals surface area contributed by atoms with E-state index in [-0.39, 0.29) is 5.91 Å². The molecular weight excluding hydrogens is 222 g/mol. The summed E-state index contributed by atoms with van der Waals surface area (Å²) in [4.78, 5) is 13.7. The molecule has 0 radical (unpaired) electrons. The molecule has 3 nitrogen and oxygen atoms in total. The van der Waals surface area contributed by atoms with Gasteiger partial charge in [-0.1, -0.05) is 6.92 Å². The minimum atomic E-state index is -0.0406. The number of amides is 1. The summed E-state index contributed by atoms with van der Waals surface area (Å²) < 4.78 is 5.13. The monoisotopic (exact) mass is 235 g/mol. The number of hydrogen-bond donors (Lipinski definition) is 1. The van der Waals surface area contributed by atoms with Gasteiger partial charge in [0.25, 0.3) is 5.91 Å². The molecule has 0 unspecified atom stereocenters. The summed E-state index contributed by atoms with van der Waals surface area (Å²) in [6, 6.07) is 7.50. The maximum Gasteiger partial charge on any atom is 0.261 e. The van der Waals surface area contributed by atoms with E-state index in [0.717, 1.165) is 17.1 Å². The van der Waals surface area contributed by atoms with Crippen LogP contribution in [0.1, 0.15) is 27.2 Å². The van der Waals surface area contributed by atoms with Crippen molar-refractivity contribution in [3.05, 3.63) is 46.0 Å². The largest absolute Gasteiger partial charge is 0.467 e. The third-order valence-corrected chi connectivity index (χ3v) is 3.47. The standard InChI is InChI=1S/C12H13NO2S/c1-2-10-5-6-11(16-10)12(14)13-8-9-4-3-7-15-9/h3-7H,2,8H2,1H3,(H,13,14). The van der Waals surface area contributed by atoms with E-state index in [1.165, 1.54) is 16.2 Å². The molecule has 0 aromatic carbocycles. The fraction of sp³-hybridized carbons (Fsp3) is 0.250. The minimum Gasteiger partial charge on any atom is -0.467 e. The fourth-order valence-electron chi connectivity index (χ4n) is 1.36. The highest BCUT2D eigenvalue weighted by Gasteiger charge is 2.08. The van der Waals surface area contributed by atoms with Gasteiger partial charge in [-0.3, -0.25) is 4.79 Å². The summed E-state index contributed by atoms with van der Waals surface area (Å²) in [5.41, 5.74) is 0. The summed E-state index contributed by atoms with van der Waals surface area (Å²) in [6.45, 7) is 2.52. The predicted octanol–water partition coefficient (Wildman–Crippen LogP) is 2.83. The molecule has 2 rings (SSSR count). The van der Waals surface area contributed by atoms with E-state index in [0.29, 0.717) is 6.54 Å². The Morgan fingerprint density at radius 2 is 2.31 bits per heavy atom. The third kappa shape index (κ3) is 2.52. The molecule has 0 spiro atoms. The van der Waals surface area contributed by atoms with Crippen LogP contribution in [0.25, 0.3) is 0 Å². The smallest absolute Gasteiger partial charge is 0.261 e. The molecule has 16 heavy (non-hydrogen) atoms. The number of furan rings is 1. The predicted molar refractivity (Wildman–Crippen MR) is 63.6 cm³/mol. The second-order valence-electron chi connectivity index (χ2n) is 3.38. The van der Waals surface area contributed by atoms with Crippen LogP contribution in [0, 0.1) is 0 Å². The van der Waals surface area contributed by atoms with Crippen molar-refractivity contribution in [2.45, 2.75) is 19.9 Å². The average molecular weight is 235 g/mol. The van der Waals surface area contributed by atoms with Gasteiger partial charge in [0.05, 0.1) is 17.7 Å². The number of thiophene rings is 1. The summed E-state index contributed by atoms with van der Waals surface area (Å²) in [5, 5.41) is 2.82. The normalized spacial score (nSPS) is 10.3. The first-order chi connectivity index (χ1) is 7.79. The zero-order valence-corrected chi connectivity index (χ0v) is 9.84. The number of hydrogen-bond acceptors (Lipinski definition) is 3. The molecule has 0 bridgehead atoms. The van der Waals surface area contributed by atoms with Gasteiger partial charge in [0.1, 0.15) is 5.76 Å². The molecular formula is C12H13NO2S. The van der Waals surface area contributed by atoms with Crippen LogP contribution in [-0.4, -0.2) is 5.91 Å². The Bertz CT molecular complexity index is 459. The quantitative estimate of drug-likeness (QED) is 0.885. The average Bonchev–Trinajstić information content (AvgIpc) is 2.96. The number of nitrogens with one attached hydrogen (secondary N) is 1. The van der Waals surface area contributed by atoms with Crippen LogP contribution in [0.2, 0.25) is 0 Å². The van der Waals surface area contributed by atoms with Crippen molar-refractivity contribution in [2.75, 3.05) is 0 Å². The summed E-state index contributed by atoms with van der Waals surface area (Å²) in [7, 11) is 0. The molecule has 0 aliphatic rings. The van der Waals surface area contributed by atoms with Crippen molar-refractivity contribution in [1.82, 2.24) is 5.32 Å². The molecule has 0 aliphatic heterocycles. The first-order valence-electron chi connectivity index (χ1n) is 5.19. The van der Waals surface area contributed by atoms with Gasteiger partial charge in [-0.25, -0.2) is 0 Å². The van der Waals surface area contributed by atoms with Gasteiger partial charge in [-0.15, -0.1) is 11.3 Å². The van der Waals surface area contributed by atoms with Crippen molar-refractivity contribution >= 4 is 17.2 Å². The van der Waals surface area contributed by atoms with E-state index in [9.17, 15) is 4.79 Å². The van der Waals surface area contributed by atoms with E-state index in [1.807, 2.05) is 24.3 Å². The van der Waals surface area contributed by atoms with Gasteiger partial charge < -0.3 is 9.73 Å². The third-order valence-electron chi connectivity index (χ3n) is 2.24. The SMILES string of the molecule is CCc1ccc(C(=O)NCc2ccco2)s1.